The van der Waals surface area contributed by atoms with E-state index in [9.17, 15) is 9.90 Å². The molecule has 2 aromatic heterocycles. The fourth-order valence-corrected chi connectivity index (χ4v) is 2.86. The highest BCUT2D eigenvalue weighted by atomic mass is 16.5. The molecule has 1 aliphatic rings. The highest BCUT2D eigenvalue weighted by Crippen LogP contribution is 2.30. The lowest BCUT2D eigenvalue weighted by atomic mass is 9.94. The number of fused-ring (bicyclic) bond motifs is 1. The number of rotatable bonds is 7. The zero-order chi connectivity index (χ0) is 18.4. The number of aliphatic hydroxyl groups is 1. The number of carbonyl (C=O) groups is 1. The first-order chi connectivity index (χ1) is 12.6. The Bertz CT molecular complexity index is 762. The van der Waals surface area contributed by atoms with E-state index in [1.54, 1.807) is 18.5 Å². The van der Waals surface area contributed by atoms with E-state index < -0.39 is 5.60 Å². The van der Waals surface area contributed by atoms with Crippen LogP contribution in [0, 0.1) is 0 Å². The second-order valence-corrected chi connectivity index (χ2v) is 6.29. The van der Waals surface area contributed by atoms with Gasteiger partial charge in [0.2, 0.25) is 5.91 Å². The van der Waals surface area contributed by atoms with E-state index >= 15 is 0 Å². The van der Waals surface area contributed by atoms with Gasteiger partial charge in [-0.1, -0.05) is 0 Å². The molecular formula is C18H24N4O4. The zero-order valence-electron chi connectivity index (χ0n) is 14.8. The molecule has 1 aliphatic heterocycles. The number of ether oxygens (including phenoxy) is 2. The van der Waals surface area contributed by atoms with Crippen molar-refractivity contribution in [3.63, 3.8) is 0 Å². The van der Waals surface area contributed by atoms with Gasteiger partial charge in [-0.15, -0.1) is 0 Å². The van der Waals surface area contributed by atoms with Crippen LogP contribution in [0.3, 0.4) is 0 Å². The Kier molecular flexibility index (Phi) is 5.97. The van der Waals surface area contributed by atoms with E-state index in [4.69, 9.17) is 9.47 Å². The average Bonchev–Trinajstić information content (AvgIpc) is 2.66. The minimum Gasteiger partial charge on any atom is -0.388 e. The van der Waals surface area contributed by atoms with Crippen LogP contribution in [-0.2, 0) is 14.3 Å². The van der Waals surface area contributed by atoms with Gasteiger partial charge in [0.25, 0.3) is 0 Å². The van der Waals surface area contributed by atoms with E-state index in [-0.39, 0.29) is 12.5 Å². The molecule has 8 nitrogen and oxygen atoms in total. The molecule has 3 heterocycles. The molecule has 1 fully saturated rings. The second kappa shape index (κ2) is 8.39. The molecule has 0 radical (unpaired) electrons. The van der Waals surface area contributed by atoms with E-state index in [0.29, 0.717) is 61.6 Å². The molecule has 0 saturated carbocycles. The van der Waals surface area contributed by atoms with Crippen LogP contribution in [0.25, 0.3) is 11.0 Å². The minimum atomic E-state index is -0.852. The molecular weight excluding hydrogens is 336 g/mol. The first kappa shape index (κ1) is 18.5. The lowest BCUT2D eigenvalue weighted by molar-refractivity contribution is -0.120. The number of hydrogen-bond donors (Lipinski definition) is 3. The molecule has 0 bridgehead atoms. The molecule has 0 aromatic carbocycles. The molecule has 26 heavy (non-hydrogen) atoms. The maximum Gasteiger partial charge on any atom is 0.250 e. The van der Waals surface area contributed by atoms with Crippen LogP contribution < -0.4 is 10.6 Å². The summed E-state index contributed by atoms with van der Waals surface area (Å²) in [6.45, 7) is 3.66. The largest absolute Gasteiger partial charge is 0.388 e. The van der Waals surface area contributed by atoms with E-state index in [0.717, 1.165) is 0 Å². The SMILES string of the molecule is CCOCC(=O)Nc1cnc2cccnc2c1NCC1(O)CCOCC1. The minimum absolute atomic E-state index is 0.0303. The zero-order valence-corrected chi connectivity index (χ0v) is 14.8. The summed E-state index contributed by atoms with van der Waals surface area (Å²) in [7, 11) is 0. The quantitative estimate of drug-likeness (QED) is 0.688. The number of amides is 1. The van der Waals surface area contributed by atoms with Crippen LogP contribution in [0.1, 0.15) is 19.8 Å². The van der Waals surface area contributed by atoms with Gasteiger partial charge in [0.05, 0.1) is 28.7 Å². The number of hydrogen-bond acceptors (Lipinski definition) is 7. The van der Waals surface area contributed by atoms with Crippen molar-refractivity contribution in [2.24, 2.45) is 0 Å². The third-order valence-corrected chi connectivity index (χ3v) is 4.35. The van der Waals surface area contributed by atoms with Crippen molar-refractivity contribution in [1.29, 1.82) is 0 Å². The Morgan fingerprint density at radius 1 is 1.38 bits per heavy atom. The number of pyridine rings is 2. The van der Waals surface area contributed by atoms with Gasteiger partial charge in [0, 0.05) is 45.4 Å². The van der Waals surface area contributed by atoms with Gasteiger partial charge in [0.1, 0.15) is 12.1 Å². The lowest BCUT2D eigenvalue weighted by Crippen LogP contribution is -2.42. The van der Waals surface area contributed by atoms with E-state index in [1.165, 1.54) is 0 Å². The number of anilines is 2. The van der Waals surface area contributed by atoms with Crippen molar-refractivity contribution in [2.45, 2.75) is 25.4 Å². The lowest BCUT2D eigenvalue weighted by Gasteiger charge is -2.32. The van der Waals surface area contributed by atoms with Gasteiger partial charge in [-0.05, 0) is 19.1 Å². The summed E-state index contributed by atoms with van der Waals surface area (Å²) in [5.41, 5.74) is 1.64. The summed E-state index contributed by atoms with van der Waals surface area (Å²) in [6, 6.07) is 3.65. The molecule has 1 amide bonds. The van der Waals surface area contributed by atoms with Crippen molar-refractivity contribution in [2.75, 3.05) is 43.6 Å². The Hall–Kier alpha value is -2.29. The maximum atomic E-state index is 12.1. The first-order valence-electron chi connectivity index (χ1n) is 8.76. The average molecular weight is 360 g/mol. The van der Waals surface area contributed by atoms with Gasteiger partial charge in [0.15, 0.2) is 0 Å². The molecule has 8 heteroatoms. The van der Waals surface area contributed by atoms with Crippen molar-refractivity contribution in [3.05, 3.63) is 24.5 Å². The fraction of sp³-hybridized carbons (Fsp3) is 0.500. The first-order valence-corrected chi connectivity index (χ1v) is 8.76. The van der Waals surface area contributed by atoms with Crippen molar-refractivity contribution in [3.8, 4) is 0 Å². The molecule has 0 spiro atoms. The Morgan fingerprint density at radius 2 is 2.19 bits per heavy atom. The molecule has 140 valence electrons. The Balaban J connectivity index is 1.84. The summed E-state index contributed by atoms with van der Waals surface area (Å²) in [4.78, 5) is 20.8. The van der Waals surface area contributed by atoms with Gasteiger partial charge in [-0.3, -0.25) is 14.8 Å². The Labute approximate surface area is 151 Å². The van der Waals surface area contributed by atoms with Gasteiger partial charge >= 0.3 is 0 Å². The van der Waals surface area contributed by atoms with Crippen LogP contribution >= 0.6 is 0 Å². The maximum absolute atomic E-state index is 12.1. The molecule has 1 saturated heterocycles. The third kappa shape index (κ3) is 4.46. The molecule has 3 rings (SSSR count). The number of nitrogens with zero attached hydrogens (tertiary/aromatic N) is 2. The van der Waals surface area contributed by atoms with Crippen molar-refractivity contribution < 1.29 is 19.4 Å². The number of nitrogens with one attached hydrogen (secondary N) is 2. The van der Waals surface area contributed by atoms with Crippen LogP contribution in [0.15, 0.2) is 24.5 Å². The normalized spacial score (nSPS) is 16.4. The van der Waals surface area contributed by atoms with Crippen molar-refractivity contribution in [1.82, 2.24) is 9.97 Å². The monoisotopic (exact) mass is 360 g/mol. The second-order valence-electron chi connectivity index (χ2n) is 6.29. The fourth-order valence-electron chi connectivity index (χ4n) is 2.86. The van der Waals surface area contributed by atoms with Gasteiger partial charge < -0.3 is 25.2 Å². The topological polar surface area (TPSA) is 106 Å². The van der Waals surface area contributed by atoms with Crippen LogP contribution in [0.4, 0.5) is 11.4 Å². The van der Waals surface area contributed by atoms with Crippen LogP contribution in [0.2, 0.25) is 0 Å². The smallest absolute Gasteiger partial charge is 0.250 e. The van der Waals surface area contributed by atoms with Crippen LogP contribution in [-0.4, -0.2) is 59.6 Å². The number of carbonyl (C=O) groups excluding carboxylic acids is 1. The van der Waals surface area contributed by atoms with E-state index in [2.05, 4.69) is 20.6 Å². The standard InChI is InChI=1S/C18H24N4O4/c1-2-25-11-15(23)22-14-10-20-13-4-3-7-19-16(13)17(14)21-12-18(24)5-8-26-9-6-18/h3-4,7,10,24H,2,5-6,8-9,11-12H2,1H3,(H,20,21)(H,22,23). The number of aromatic nitrogens is 2. The van der Waals surface area contributed by atoms with Gasteiger partial charge in [-0.2, -0.15) is 0 Å². The molecule has 0 aliphatic carbocycles. The highest BCUT2D eigenvalue weighted by Gasteiger charge is 2.30. The van der Waals surface area contributed by atoms with Crippen molar-refractivity contribution >= 4 is 28.3 Å². The summed E-state index contributed by atoms with van der Waals surface area (Å²) in [5.74, 6) is -0.267. The molecule has 2 aromatic rings. The summed E-state index contributed by atoms with van der Waals surface area (Å²) < 4.78 is 10.5. The third-order valence-electron chi connectivity index (χ3n) is 4.35. The van der Waals surface area contributed by atoms with E-state index in [1.807, 2.05) is 13.0 Å². The summed E-state index contributed by atoms with van der Waals surface area (Å²) in [6.07, 6.45) is 4.37. The summed E-state index contributed by atoms with van der Waals surface area (Å²) in [5, 5.41) is 16.8. The molecule has 0 unspecified atom stereocenters. The highest BCUT2D eigenvalue weighted by molar-refractivity contribution is 6.01. The predicted molar refractivity (Wildman–Crippen MR) is 98.2 cm³/mol. The predicted octanol–water partition coefficient (Wildman–Crippen LogP) is 1.56. The summed E-state index contributed by atoms with van der Waals surface area (Å²) >= 11 is 0. The molecule has 0 atom stereocenters. The Morgan fingerprint density at radius 3 is 2.96 bits per heavy atom. The van der Waals surface area contributed by atoms with Gasteiger partial charge in [-0.25, -0.2) is 0 Å². The van der Waals surface area contributed by atoms with Crippen LogP contribution in [0.5, 0.6) is 0 Å². The molecule has 3 N–H and O–H groups in total.